The van der Waals surface area contributed by atoms with Gasteiger partial charge < -0.3 is 20.6 Å². The first-order chi connectivity index (χ1) is 9.18. The number of aliphatic hydroxyl groups excluding tert-OH is 1. The van der Waals surface area contributed by atoms with Crippen LogP contribution in [0.3, 0.4) is 0 Å². The van der Waals surface area contributed by atoms with Crippen LogP contribution >= 0.6 is 0 Å². The summed E-state index contributed by atoms with van der Waals surface area (Å²) in [5.41, 5.74) is 6.01. The summed E-state index contributed by atoms with van der Waals surface area (Å²) in [5, 5.41) is 12.5. The van der Waals surface area contributed by atoms with Crippen LogP contribution in [0, 0.1) is 0 Å². The first-order valence-corrected chi connectivity index (χ1v) is 5.97. The first kappa shape index (κ1) is 13.3. The van der Waals surface area contributed by atoms with Gasteiger partial charge in [-0.3, -0.25) is 4.79 Å². The number of nitrogens with one attached hydrogen (secondary N) is 1. The lowest BCUT2D eigenvalue weighted by molar-refractivity contribution is -0.125. The Hall–Kier alpha value is -2.11. The van der Waals surface area contributed by atoms with E-state index >= 15 is 0 Å². The zero-order chi connectivity index (χ0) is 13.7. The molecule has 2 rings (SSSR count). The zero-order valence-corrected chi connectivity index (χ0v) is 10.3. The molecule has 0 aliphatic carbocycles. The third kappa shape index (κ3) is 3.43. The van der Waals surface area contributed by atoms with E-state index in [9.17, 15) is 9.90 Å². The summed E-state index contributed by atoms with van der Waals surface area (Å²) < 4.78 is 5.38. The van der Waals surface area contributed by atoms with E-state index in [2.05, 4.69) is 5.32 Å². The Labute approximate surface area is 111 Å². The number of aliphatic hydroxyl groups is 1. The molecule has 1 heterocycles. The molecule has 100 valence electrons. The van der Waals surface area contributed by atoms with Gasteiger partial charge >= 0.3 is 0 Å². The first-order valence-electron chi connectivity index (χ1n) is 5.97. The van der Waals surface area contributed by atoms with Crippen molar-refractivity contribution in [3.05, 3.63) is 60.1 Å². The van der Waals surface area contributed by atoms with Crippen LogP contribution in [0.5, 0.6) is 0 Å². The van der Waals surface area contributed by atoms with Gasteiger partial charge in [0.1, 0.15) is 11.9 Å². The van der Waals surface area contributed by atoms with E-state index in [0.29, 0.717) is 5.76 Å². The van der Waals surface area contributed by atoms with Gasteiger partial charge in [0.2, 0.25) is 5.91 Å². The van der Waals surface area contributed by atoms with Crippen molar-refractivity contribution in [2.45, 2.75) is 12.1 Å². The number of furan rings is 1. The minimum absolute atomic E-state index is 0.0651. The van der Waals surface area contributed by atoms with Gasteiger partial charge in [0, 0.05) is 6.54 Å². The SMILES string of the molecule is NC(=O)C(O)CNC(c1ccccc1)c1ccco1. The predicted octanol–water partition coefficient (Wildman–Crippen LogP) is 0.805. The van der Waals surface area contributed by atoms with Crippen molar-refractivity contribution < 1.29 is 14.3 Å². The summed E-state index contributed by atoms with van der Waals surface area (Å²) in [6.45, 7) is 0.0651. The normalized spacial score (nSPS) is 13.9. The Morgan fingerprint density at radius 2 is 2.00 bits per heavy atom. The molecular weight excluding hydrogens is 244 g/mol. The van der Waals surface area contributed by atoms with E-state index in [1.165, 1.54) is 0 Å². The largest absolute Gasteiger partial charge is 0.467 e. The van der Waals surface area contributed by atoms with E-state index in [-0.39, 0.29) is 12.6 Å². The van der Waals surface area contributed by atoms with Gasteiger partial charge in [0.15, 0.2) is 0 Å². The highest BCUT2D eigenvalue weighted by Crippen LogP contribution is 2.22. The maximum Gasteiger partial charge on any atom is 0.247 e. The van der Waals surface area contributed by atoms with Crippen LogP contribution in [0.25, 0.3) is 0 Å². The number of nitrogens with two attached hydrogens (primary N) is 1. The van der Waals surface area contributed by atoms with Crippen LogP contribution in [0.15, 0.2) is 53.1 Å². The molecule has 0 aliphatic heterocycles. The van der Waals surface area contributed by atoms with Gasteiger partial charge in [-0.25, -0.2) is 0 Å². The highest BCUT2D eigenvalue weighted by Gasteiger charge is 2.19. The fourth-order valence-corrected chi connectivity index (χ4v) is 1.81. The molecule has 5 nitrogen and oxygen atoms in total. The molecule has 0 saturated heterocycles. The third-order valence-electron chi connectivity index (χ3n) is 2.80. The Morgan fingerprint density at radius 3 is 2.58 bits per heavy atom. The van der Waals surface area contributed by atoms with Crippen molar-refractivity contribution in [3.8, 4) is 0 Å². The second-order valence-electron chi connectivity index (χ2n) is 4.19. The summed E-state index contributed by atoms with van der Waals surface area (Å²) >= 11 is 0. The number of amides is 1. The molecule has 2 aromatic rings. The Morgan fingerprint density at radius 1 is 1.26 bits per heavy atom. The fourth-order valence-electron chi connectivity index (χ4n) is 1.81. The maximum atomic E-state index is 10.8. The molecule has 1 aromatic heterocycles. The van der Waals surface area contributed by atoms with Gasteiger partial charge in [-0.15, -0.1) is 0 Å². The molecule has 0 spiro atoms. The molecule has 19 heavy (non-hydrogen) atoms. The molecule has 0 fully saturated rings. The third-order valence-corrected chi connectivity index (χ3v) is 2.80. The van der Waals surface area contributed by atoms with Gasteiger partial charge in [0.25, 0.3) is 0 Å². The number of hydrogen-bond donors (Lipinski definition) is 3. The standard InChI is InChI=1S/C14H16N2O3/c15-14(18)11(17)9-16-13(12-7-4-8-19-12)10-5-2-1-3-6-10/h1-8,11,13,16-17H,9H2,(H2,15,18). The molecule has 4 N–H and O–H groups in total. The lowest BCUT2D eigenvalue weighted by Crippen LogP contribution is -2.39. The summed E-state index contributed by atoms with van der Waals surface area (Å²) in [5.74, 6) is -0.0402. The van der Waals surface area contributed by atoms with Crippen LogP contribution in [0.4, 0.5) is 0 Å². The number of carbonyl (C=O) groups is 1. The lowest BCUT2D eigenvalue weighted by atomic mass is 10.0. The van der Waals surface area contributed by atoms with E-state index in [1.54, 1.807) is 12.3 Å². The Balaban J connectivity index is 2.14. The van der Waals surface area contributed by atoms with Gasteiger partial charge in [-0.05, 0) is 17.7 Å². The van der Waals surface area contributed by atoms with E-state index in [4.69, 9.17) is 10.2 Å². The topological polar surface area (TPSA) is 88.5 Å². The molecule has 0 bridgehead atoms. The molecule has 2 atom stereocenters. The predicted molar refractivity (Wildman–Crippen MR) is 70.2 cm³/mol. The van der Waals surface area contributed by atoms with Crippen molar-refractivity contribution in [1.29, 1.82) is 0 Å². The van der Waals surface area contributed by atoms with E-state index in [0.717, 1.165) is 5.56 Å². The number of carbonyl (C=O) groups excluding carboxylic acids is 1. The van der Waals surface area contributed by atoms with Crippen molar-refractivity contribution in [2.24, 2.45) is 5.73 Å². The fraction of sp³-hybridized carbons (Fsp3) is 0.214. The smallest absolute Gasteiger partial charge is 0.247 e. The van der Waals surface area contributed by atoms with Gasteiger partial charge in [0.05, 0.1) is 12.3 Å². The number of rotatable bonds is 6. The van der Waals surface area contributed by atoms with Crippen LogP contribution in [-0.4, -0.2) is 23.7 Å². The van der Waals surface area contributed by atoms with E-state index in [1.807, 2.05) is 36.4 Å². The number of benzene rings is 1. The summed E-state index contributed by atoms with van der Waals surface area (Å²) in [4.78, 5) is 10.8. The quantitative estimate of drug-likeness (QED) is 0.717. The molecule has 1 amide bonds. The Kier molecular flexibility index (Phi) is 4.33. The van der Waals surface area contributed by atoms with Crippen molar-refractivity contribution >= 4 is 5.91 Å². The van der Waals surface area contributed by atoms with Crippen LogP contribution in [0.1, 0.15) is 17.4 Å². The van der Waals surface area contributed by atoms with Crippen LogP contribution < -0.4 is 11.1 Å². The van der Waals surface area contributed by atoms with Crippen molar-refractivity contribution in [2.75, 3.05) is 6.54 Å². The van der Waals surface area contributed by atoms with Crippen LogP contribution in [0.2, 0.25) is 0 Å². The zero-order valence-electron chi connectivity index (χ0n) is 10.3. The monoisotopic (exact) mass is 260 g/mol. The average Bonchev–Trinajstić information content (AvgIpc) is 2.94. The average molecular weight is 260 g/mol. The highest BCUT2D eigenvalue weighted by molar-refractivity contribution is 5.78. The Bertz CT molecular complexity index is 511. The van der Waals surface area contributed by atoms with Gasteiger partial charge in [-0.2, -0.15) is 0 Å². The summed E-state index contributed by atoms with van der Waals surface area (Å²) in [6, 6.07) is 13.0. The summed E-state index contributed by atoms with van der Waals surface area (Å²) in [6.07, 6.45) is 0.360. The molecule has 0 aliphatic rings. The number of hydrogen-bond acceptors (Lipinski definition) is 4. The molecule has 2 unspecified atom stereocenters. The van der Waals surface area contributed by atoms with Gasteiger partial charge in [-0.1, -0.05) is 30.3 Å². The summed E-state index contributed by atoms with van der Waals surface area (Å²) in [7, 11) is 0. The molecular formula is C14H16N2O3. The van der Waals surface area contributed by atoms with E-state index < -0.39 is 12.0 Å². The molecule has 0 saturated carbocycles. The highest BCUT2D eigenvalue weighted by atomic mass is 16.3. The minimum Gasteiger partial charge on any atom is -0.467 e. The van der Waals surface area contributed by atoms with Crippen molar-refractivity contribution in [1.82, 2.24) is 5.32 Å². The number of primary amides is 1. The van der Waals surface area contributed by atoms with Crippen molar-refractivity contribution in [3.63, 3.8) is 0 Å². The molecule has 0 radical (unpaired) electrons. The van der Waals surface area contributed by atoms with Crippen LogP contribution in [-0.2, 0) is 4.79 Å². The second-order valence-corrected chi connectivity index (χ2v) is 4.19. The lowest BCUT2D eigenvalue weighted by Gasteiger charge is -2.18. The minimum atomic E-state index is -1.22. The maximum absolute atomic E-state index is 10.8. The molecule has 5 heteroatoms. The second kappa shape index (κ2) is 6.17. The molecule has 1 aromatic carbocycles.